The van der Waals surface area contributed by atoms with E-state index in [1.807, 2.05) is 0 Å². The minimum absolute atomic E-state index is 0. The molecule has 0 radical (unpaired) electrons. The van der Waals surface area contributed by atoms with Gasteiger partial charge in [-0.1, -0.05) is 156 Å². The maximum Gasteiger partial charge on any atom is 0.0154 e. The predicted molar refractivity (Wildman–Crippen MR) is 138 cm³/mol. The van der Waals surface area contributed by atoms with Crippen LogP contribution in [0.5, 0.6) is 0 Å². The first kappa shape index (κ1) is 32.1. The van der Waals surface area contributed by atoms with Gasteiger partial charge >= 0.3 is 0 Å². The quantitative estimate of drug-likeness (QED) is 0.153. The molecule has 0 aliphatic rings. The Morgan fingerprint density at radius 1 is 0.367 bits per heavy atom. The molecule has 0 aromatic rings. The number of unbranched alkanes of at least 4 members (excludes halogenated alkanes) is 18. The van der Waals surface area contributed by atoms with Gasteiger partial charge in [0.25, 0.3) is 0 Å². The van der Waals surface area contributed by atoms with E-state index in [0.29, 0.717) is 0 Å². The van der Waals surface area contributed by atoms with Gasteiger partial charge in [0.1, 0.15) is 0 Å². The summed E-state index contributed by atoms with van der Waals surface area (Å²) in [5, 5.41) is 0. The molecule has 2 nitrogen and oxygen atoms in total. The molecule has 0 amide bonds. The monoisotopic (exact) mass is 427 g/mol. The summed E-state index contributed by atoms with van der Waals surface area (Å²) < 4.78 is 0. The lowest BCUT2D eigenvalue weighted by molar-refractivity contribution is 0.302. The standard InChI is InChI=1S/C28H59N.H2O/c1-4-7-10-13-16-19-22-25-28(29,26-23-20-17-14-11-8-5-2)27-24-21-18-15-12-9-6-3;/h4-27,29H2,1-3H3;1H2. The van der Waals surface area contributed by atoms with Crippen LogP contribution in [0.2, 0.25) is 0 Å². The van der Waals surface area contributed by atoms with Crippen molar-refractivity contribution >= 4 is 0 Å². The van der Waals surface area contributed by atoms with E-state index >= 15 is 0 Å². The fourth-order valence-electron chi connectivity index (χ4n) is 4.68. The third-order valence-corrected chi connectivity index (χ3v) is 6.83. The smallest absolute Gasteiger partial charge is 0.0154 e. The zero-order valence-electron chi connectivity index (χ0n) is 21.5. The first-order valence-electron chi connectivity index (χ1n) is 14.0. The topological polar surface area (TPSA) is 57.5 Å². The number of hydrogen-bond acceptors (Lipinski definition) is 1. The summed E-state index contributed by atoms with van der Waals surface area (Å²) in [6, 6.07) is 0. The summed E-state index contributed by atoms with van der Waals surface area (Å²) in [4.78, 5) is 0. The normalized spacial score (nSPS) is 11.6. The summed E-state index contributed by atoms with van der Waals surface area (Å²) in [5.74, 6) is 0. The van der Waals surface area contributed by atoms with Gasteiger partial charge in [0.05, 0.1) is 0 Å². The summed E-state index contributed by atoms with van der Waals surface area (Å²) in [6.45, 7) is 6.91. The van der Waals surface area contributed by atoms with Gasteiger partial charge in [-0.15, -0.1) is 0 Å². The molecule has 0 unspecified atom stereocenters. The van der Waals surface area contributed by atoms with Crippen LogP contribution in [0, 0.1) is 0 Å². The average Bonchev–Trinajstić information content (AvgIpc) is 2.72. The first-order valence-corrected chi connectivity index (χ1v) is 14.0. The van der Waals surface area contributed by atoms with Crippen LogP contribution in [0.1, 0.15) is 175 Å². The Morgan fingerprint density at radius 3 is 0.800 bits per heavy atom. The average molecular weight is 428 g/mol. The minimum Gasteiger partial charge on any atom is -0.412 e. The van der Waals surface area contributed by atoms with Gasteiger partial charge in [-0.05, 0) is 19.3 Å². The highest BCUT2D eigenvalue weighted by Crippen LogP contribution is 2.27. The predicted octanol–water partition coefficient (Wildman–Crippen LogP) is 9.28. The van der Waals surface area contributed by atoms with E-state index in [1.54, 1.807) is 0 Å². The van der Waals surface area contributed by atoms with Crippen molar-refractivity contribution in [1.82, 2.24) is 0 Å². The van der Waals surface area contributed by atoms with E-state index in [9.17, 15) is 0 Å². The Hall–Kier alpha value is -0.0800. The van der Waals surface area contributed by atoms with Gasteiger partial charge in [0.2, 0.25) is 0 Å². The van der Waals surface area contributed by atoms with E-state index in [4.69, 9.17) is 5.73 Å². The summed E-state index contributed by atoms with van der Waals surface area (Å²) in [5.41, 5.74) is 7.12. The SMILES string of the molecule is CCCCCCCCCC(N)(CCCCCCCCC)CCCCCCCCC.O. The Balaban J connectivity index is 0. The molecule has 0 aliphatic carbocycles. The summed E-state index contributed by atoms with van der Waals surface area (Å²) in [6.07, 6.45) is 33.2. The molecular formula is C28H61NO. The number of rotatable bonds is 24. The molecule has 0 fully saturated rings. The van der Waals surface area contributed by atoms with Crippen molar-refractivity contribution < 1.29 is 5.48 Å². The van der Waals surface area contributed by atoms with E-state index in [-0.39, 0.29) is 11.0 Å². The molecule has 0 saturated heterocycles. The highest BCUT2D eigenvalue weighted by molar-refractivity contribution is 4.84. The molecule has 0 aromatic carbocycles. The van der Waals surface area contributed by atoms with Crippen LogP contribution in [-0.2, 0) is 0 Å². The lowest BCUT2D eigenvalue weighted by atomic mass is 9.82. The van der Waals surface area contributed by atoms with Crippen LogP contribution >= 0.6 is 0 Å². The summed E-state index contributed by atoms with van der Waals surface area (Å²) >= 11 is 0. The van der Waals surface area contributed by atoms with Crippen LogP contribution < -0.4 is 5.73 Å². The van der Waals surface area contributed by atoms with Gasteiger partial charge < -0.3 is 11.2 Å². The largest absolute Gasteiger partial charge is 0.412 e. The second-order valence-corrected chi connectivity index (χ2v) is 9.98. The Bertz CT molecular complexity index is 259. The van der Waals surface area contributed by atoms with E-state index in [0.717, 1.165) is 0 Å². The highest BCUT2D eigenvalue weighted by Gasteiger charge is 2.23. The molecule has 30 heavy (non-hydrogen) atoms. The summed E-state index contributed by atoms with van der Waals surface area (Å²) in [7, 11) is 0. The van der Waals surface area contributed by atoms with E-state index in [2.05, 4.69) is 20.8 Å². The van der Waals surface area contributed by atoms with Crippen LogP contribution in [0.4, 0.5) is 0 Å². The lowest BCUT2D eigenvalue weighted by Crippen LogP contribution is -2.39. The molecule has 0 heterocycles. The molecule has 0 aromatic heterocycles. The molecule has 0 spiro atoms. The van der Waals surface area contributed by atoms with Crippen LogP contribution in [0.15, 0.2) is 0 Å². The molecule has 0 aliphatic heterocycles. The zero-order chi connectivity index (χ0) is 21.5. The first-order chi connectivity index (χ1) is 14.2. The Morgan fingerprint density at radius 2 is 0.567 bits per heavy atom. The van der Waals surface area contributed by atoms with Crippen molar-refractivity contribution in [2.75, 3.05) is 0 Å². The molecular weight excluding hydrogens is 366 g/mol. The molecule has 4 N–H and O–H groups in total. The second-order valence-electron chi connectivity index (χ2n) is 9.98. The van der Waals surface area contributed by atoms with E-state index in [1.165, 1.54) is 154 Å². The van der Waals surface area contributed by atoms with Crippen LogP contribution in [-0.4, -0.2) is 11.0 Å². The van der Waals surface area contributed by atoms with Crippen LogP contribution in [0.25, 0.3) is 0 Å². The van der Waals surface area contributed by atoms with Gasteiger partial charge in [0.15, 0.2) is 0 Å². The molecule has 0 rings (SSSR count). The molecule has 0 bridgehead atoms. The molecule has 0 saturated carbocycles. The van der Waals surface area contributed by atoms with Gasteiger partial charge in [0, 0.05) is 5.54 Å². The zero-order valence-corrected chi connectivity index (χ0v) is 21.5. The van der Waals surface area contributed by atoms with Gasteiger partial charge in [-0.2, -0.15) is 0 Å². The van der Waals surface area contributed by atoms with Crippen molar-refractivity contribution in [2.24, 2.45) is 5.73 Å². The minimum atomic E-state index is 0. The fraction of sp³-hybridized carbons (Fsp3) is 1.00. The Labute approximate surface area is 191 Å². The lowest BCUT2D eigenvalue weighted by Gasteiger charge is -2.30. The van der Waals surface area contributed by atoms with E-state index < -0.39 is 0 Å². The number of nitrogens with two attached hydrogens (primary N) is 1. The molecule has 0 atom stereocenters. The van der Waals surface area contributed by atoms with Crippen molar-refractivity contribution in [2.45, 2.75) is 180 Å². The fourth-order valence-corrected chi connectivity index (χ4v) is 4.68. The molecule has 2 heteroatoms. The van der Waals surface area contributed by atoms with Crippen molar-refractivity contribution in [1.29, 1.82) is 0 Å². The maximum absolute atomic E-state index is 6.99. The molecule has 184 valence electrons. The maximum atomic E-state index is 6.99. The van der Waals surface area contributed by atoms with Gasteiger partial charge in [-0.3, -0.25) is 0 Å². The van der Waals surface area contributed by atoms with Crippen molar-refractivity contribution in [3.63, 3.8) is 0 Å². The third kappa shape index (κ3) is 22.6. The van der Waals surface area contributed by atoms with Crippen molar-refractivity contribution in [3.8, 4) is 0 Å². The number of hydrogen-bond donors (Lipinski definition) is 1. The third-order valence-electron chi connectivity index (χ3n) is 6.83. The highest BCUT2D eigenvalue weighted by atomic mass is 16.0. The second kappa shape index (κ2) is 25.2. The Kier molecular flexibility index (Phi) is 26.9. The van der Waals surface area contributed by atoms with Crippen LogP contribution in [0.3, 0.4) is 0 Å². The van der Waals surface area contributed by atoms with Gasteiger partial charge in [-0.25, -0.2) is 0 Å². The van der Waals surface area contributed by atoms with Crippen molar-refractivity contribution in [3.05, 3.63) is 0 Å².